The van der Waals surface area contributed by atoms with E-state index in [1.54, 1.807) is 0 Å². The van der Waals surface area contributed by atoms with Crippen molar-refractivity contribution < 1.29 is 9.53 Å². The van der Waals surface area contributed by atoms with Gasteiger partial charge >= 0.3 is 0 Å². The molecular weight excluding hydrogens is 288 g/mol. The highest BCUT2D eigenvalue weighted by molar-refractivity contribution is 6.00. The van der Waals surface area contributed by atoms with Crippen LogP contribution in [0.2, 0.25) is 0 Å². The van der Waals surface area contributed by atoms with E-state index in [1.807, 2.05) is 69.3 Å². The zero-order valence-electron chi connectivity index (χ0n) is 13.8. The Bertz CT molecular complexity index is 694. The molecule has 2 aromatic carbocycles. The Kier molecular flexibility index (Phi) is 5.92. The van der Waals surface area contributed by atoms with Gasteiger partial charge in [0.2, 0.25) is 0 Å². The number of amides is 1. The van der Waals surface area contributed by atoms with Gasteiger partial charge in [0.15, 0.2) is 6.61 Å². The topological polar surface area (TPSA) is 50.7 Å². The van der Waals surface area contributed by atoms with E-state index >= 15 is 0 Å². The van der Waals surface area contributed by atoms with Gasteiger partial charge in [-0.2, -0.15) is 5.10 Å². The Morgan fingerprint density at radius 1 is 1.13 bits per heavy atom. The van der Waals surface area contributed by atoms with Gasteiger partial charge < -0.3 is 4.74 Å². The van der Waals surface area contributed by atoms with E-state index in [1.165, 1.54) is 5.56 Å². The summed E-state index contributed by atoms with van der Waals surface area (Å²) >= 11 is 0. The summed E-state index contributed by atoms with van der Waals surface area (Å²) in [5.74, 6) is 0.445. The molecule has 0 aliphatic carbocycles. The summed E-state index contributed by atoms with van der Waals surface area (Å²) in [6, 6.07) is 15.7. The third-order valence-corrected chi connectivity index (χ3v) is 3.45. The Hall–Kier alpha value is -2.62. The standard InChI is InChI=1S/C19H22N2O2/c1-4-17(16-8-6-5-7-9-16)20-21-19(22)13-23-18-11-10-14(2)12-15(18)3/h5-12H,4,13H2,1-3H3,(H,21,22)/b20-17-. The molecule has 0 heterocycles. The lowest BCUT2D eigenvalue weighted by molar-refractivity contribution is -0.123. The average molecular weight is 310 g/mol. The Morgan fingerprint density at radius 3 is 2.52 bits per heavy atom. The van der Waals surface area contributed by atoms with Crippen LogP contribution in [-0.4, -0.2) is 18.2 Å². The van der Waals surface area contributed by atoms with Gasteiger partial charge in [0.1, 0.15) is 5.75 Å². The number of ether oxygens (including phenoxy) is 1. The number of benzene rings is 2. The van der Waals surface area contributed by atoms with Crippen molar-refractivity contribution in [3.8, 4) is 5.75 Å². The van der Waals surface area contributed by atoms with Crippen LogP contribution in [0.5, 0.6) is 5.75 Å². The van der Waals surface area contributed by atoms with E-state index in [9.17, 15) is 4.79 Å². The van der Waals surface area contributed by atoms with E-state index in [0.717, 1.165) is 23.3 Å². The van der Waals surface area contributed by atoms with E-state index < -0.39 is 0 Å². The minimum Gasteiger partial charge on any atom is -0.483 e. The van der Waals surface area contributed by atoms with E-state index in [-0.39, 0.29) is 12.5 Å². The molecule has 0 bridgehead atoms. The first-order valence-electron chi connectivity index (χ1n) is 7.71. The summed E-state index contributed by atoms with van der Waals surface area (Å²) in [6.45, 7) is 5.93. The molecule has 0 aliphatic rings. The fraction of sp³-hybridized carbons (Fsp3) is 0.263. The highest BCUT2D eigenvalue weighted by Crippen LogP contribution is 2.18. The molecule has 4 nitrogen and oxygen atoms in total. The fourth-order valence-electron chi connectivity index (χ4n) is 2.24. The Morgan fingerprint density at radius 2 is 1.87 bits per heavy atom. The molecule has 0 fully saturated rings. The Balaban J connectivity index is 1.92. The van der Waals surface area contributed by atoms with Crippen LogP contribution >= 0.6 is 0 Å². The summed E-state index contributed by atoms with van der Waals surface area (Å²) < 4.78 is 5.54. The molecule has 4 heteroatoms. The highest BCUT2D eigenvalue weighted by atomic mass is 16.5. The van der Waals surface area contributed by atoms with Crippen LogP contribution < -0.4 is 10.2 Å². The molecule has 0 aromatic heterocycles. The molecule has 0 saturated carbocycles. The fourth-order valence-corrected chi connectivity index (χ4v) is 2.24. The van der Waals surface area contributed by atoms with Crippen molar-refractivity contribution in [3.05, 3.63) is 65.2 Å². The molecule has 0 unspecified atom stereocenters. The summed E-state index contributed by atoms with van der Waals surface area (Å²) in [5, 5.41) is 4.20. The van der Waals surface area contributed by atoms with Crippen LogP contribution in [0.1, 0.15) is 30.0 Å². The van der Waals surface area contributed by atoms with Gasteiger partial charge in [-0.3, -0.25) is 4.79 Å². The van der Waals surface area contributed by atoms with Gasteiger partial charge in [0, 0.05) is 0 Å². The van der Waals surface area contributed by atoms with Gasteiger partial charge in [-0.1, -0.05) is 55.0 Å². The molecule has 120 valence electrons. The minimum atomic E-state index is -0.271. The number of nitrogens with one attached hydrogen (secondary N) is 1. The predicted molar refractivity (Wildman–Crippen MR) is 92.8 cm³/mol. The van der Waals surface area contributed by atoms with Crippen LogP contribution in [0.4, 0.5) is 0 Å². The molecule has 0 spiro atoms. The van der Waals surface area contributed by atoms with Crippen molar-refractivity contribution in [1.82, 2.24) is 5.43 Å². The molecule has 2 rings (SSSR count). The maximum absolute atomic E-state index is 11.9. The molecule has 0 atom stereocenters. The summed E-state index contributed by atoms with van der Waals surface area (Å²) in [7, 11) is 0. The van der Waals surface area contributed by atoms with Crippen molar-refractivity contribution in [3.63, 3.8) is 0 Å². The zero-order chi connectivity index (χ0) is 16.7. The van der Waals surface area contributed by atoms with Gasteiger partial charge in [0.05, 0.1) is 5.71 Å². The summed E-state index contributed by atoms with van der Waals surface area (Å²) in [5.41, 5.74) is 6.58. The number of rotatable bonds is 6. The van der Waals surface area contributed by atoms with Crippen LogP contribution in [0.25, 0.3) is 0 Å². The molecule has 0 aliphatic heterocycles. The van der Waals surface area contributed by atoms with Gasteiger partial charge in [-0.25, -0.2) is 5.43 Å². The first-order chi connectivity index (χ1) is 11.1. The van der Waals surface area contributed by atoms with Crippen LogP contribution in [0, 0.1) is 13.8 Å². The maximum Gasteiger partial charge on any atom is 0.277 e. The van der Waals surface area contributed by atoms with Gasteiger partial charge in [-0.15, -0.1) is 0 Å². The monoisotopic (exact) mass is 310 g/mol. The van der Waals surface area contributed by atoms with Crippen molar-refractivity contribution in [1.29, 1.82) is 0 Å². The number of aryl methyl sites for hydroxylation is 2. The average Bonchev–Trinajstić information content (AvgIpc) is 2.55. The lowest BCUT2D eigenvalue weighted by atomic mass is 10.1. The number of carbonyl (C=O) groups is 1. The van der Waals surface area contributed by atoms with Crippen molar-refractivity contribution in [2.24, 2.45) is 5.10 Å². The number of nitrogens with zero attached hydrogens (tertiary/aromatic N) is 1. The first kappa shape index (κ1) is 16.7. The van der Waals surface area contributed by atoms with E-state index in [2.05, 4.69) is 10.5 Å². The number of hydrogen-bond acceptors (Lipinski definition) is 3. The number of carbonyl (C=O) groups excluding carboxylic acids is 1. The predicted octanol–water partition coefficient (Wildman–Crippen LogP) is 3.61. The van der Waals surface area contributed by atoms with E-state index in [0.29, 0.717) is 5.75 Å². The lowest BCUT2D eigenvalue weighted by Gasteiger charge is -2.09. The van der Waals surface area contributed by atoms with Crippen molar-refractivity contribution in [2.75, 3.05) is 6.61 Å². The second kappa shape index (κ2) is 8.13. The molecule has 0 saturated heterocycles. The molecular formula is C19H22N2O2. The lowest BCUT2D eigenvalue weighted by Crippen LogP contribution is -2.26. The van der Waals surface area contributed by atoms with Crippen molar-refractivity contribution in [2.45, 2.75) is 27.2 Å². The third-order valence-electron chi connectivity index (χ3n) is 3.45. The largest absolute Gasteiger partial charge is 0.483 e. The second-order valence-electron chi connectivity index (χ2n) is 5.37. The molecule has 1 N–H and O–H groups in total. The maximum atomic E-state index is 11.9. The zero-order valence-corrected chi connectivity index (χ0v) is 13.8. The molecule has 23 heavy (non-hydrogen) atoms. The Labute approximate surface area is 137 Å². The van der Waals surface area contributed by atoms with E-state index in [4.69, 9.17) is 4.74 Å². The summed E-state index contributed by atoms with van der Waals surface area (Å²) in [4.78, 5) is 11.9. The number of hydrazone groups is 1. The number of hydrogen-bond donors (Lipinski definition) is 1. The van der Waals surface area contributed by atoms with Gasteiger partial charge in [-0.05, 0) is 37.5 Å². The van der Waals surface area contributed by atoms with Crippen LogP contribution in [-0.2, 0) is 4.79 Å². The van der Waals surface area contributed by atoms with Crippen molar-refractivity contribution >= 4 is 11.6 Å². The third kappa shape index (κ3) is 4.95. The first-order valence-corrected chi connectivity index (χ1v) is 7.71. The summed E-state index contributed by atoms with van der Waals surface area (Å²) in [6.07, 6.45) is 0.738. The smallest absolute Gasteiger partial charge is 0.277 e. The SMILES string of the molecule is CC/C(=N/NC(=O)COc1ccc(C)cc1C)c1ccccc1. The normalized spacial score (nSPS) is 11.2. The van der Waals surface area contributed by atoms with Crippen LogP contribution in [0.15, 0.2) is 53.6 Å². The molecule has 0 radical (unpaired) electrons. The minimum absolute atomic E-state index is 0.0564. The van der Waals surface area contributed by atoms with Crippen LogP contribution in [0.3, 0.4) is 0 Å². The second-order valence-corrected chi connectivity index (χ2v) is 5.37. The highest BCUT2D eigenvalue weighted by Gasteiger charge is 2.06. The van der Waals surface area contributed by atoms with Gasteiger partial charge in [0.25, 0.3) is 5.91 Å². The quantitative estimate of drug-likeness (QED) is 0.654. The molecule has 2 aromatic rings. The molecule has 1 amide bonds.